The summed E-state index contributed by atoms with van der Waals surface area (Å²) in [6, 6.07) is 3.43. The average Bonchev–Trinajstić information content (AvgIpc) is 2.28. The van der Waals surface area contributed by atoms with Gasteiger partial charge in [0.2, 0.25) is 0 Å². The quantitative estimate of drug-likeness (QED) is 0.762. The number of hydrogen-bond donors (Lipinski definition) is 2. The Hall–Kier alpha value is -1.75. The fraction of sp³-hybridized carbons (Fsp3) is 0.462. The van der Waals surface area contributed by atoms with Crippen LogP contribution in [0.3, 0.4) is 0 Å². The number of nitrogens with one attached hydrogen (secondary N) is 1. The number of amides is 1. The van der Waals surface area contributed by atoms with Crippen molar-refractivity contribution in [2.24, 2.45) is 0 Å². The number of nitrogens with two attached hydrogens (primary N) is 1. The van der Waals surface area contributed by atoms with Crippen LogP contribution in [0.2, 0.25) is 0 Å². The smallest absolute Gasteiger partial charge is 0.251 e. The van der Waals surface area contributed by atoms with Gasteiger partial charge in [-0.2, -0.15) is 0 Å². The van der Waals surface area contributed by atoms with Gasteiger partial charge in [-0.15, -0.1) is 0 Å². The van der Waals surface area contributed by atoms with Crippen molar-refractivity contribution in [3.05, 3.63) is 23.3 Å². The number of likely N-dealkylation sites (N-methyl/N-ethyl adjacent to an activating group) is 1. The second-order valence-corrected chi connectivity index (χ2v) is 4.47. The van der Waals surface area contributed by atoms with E-state index in [1.54, 1.807) is 12.1 Å². The molecule has 0 aliphatic rings. The number of carbonyl (C=O) groups is 1. The molecule has 0 aliphatic heterocycles. The highest BCUT2D eigenvalue weighted by molar-refractivity contribution is 5.96. The summed E-state index contributed by atoms with van der Waals surface area (Å²) in [5, 5.41) is 2.86. The molecule has 5 heteroatoms. The third kappa shape index (κ3) is 3.63. The Morgan fingerprint density at radius 1 is 1.44 bits per heavy atom. The predicted molar refractivity (Wildman–Crippen MR) is 73.0 cm³/mol. The number of nitrogen functional groups attached to an aromatic ring is 1. The van der Waals surface area contributed by atoms with Crippen molar-refractivity contribution in [3.8, 4) is 5.75 Å². The van der Waals surface area contributed by atoms with E-state index in [0.29, 0.717) is 23.5 Å². The molecule has 0 unspecified atom stereocenters. The number of hydrogen-bond acceptors (Lipinski definition) is 4. The molecule has 0 fully saturated rings. The molecule has 0 aliphatic carbocycles. The van der Waals surface area contributed by atoms with E-state index in [1.807, 2.05) is 25.9 Å². The maximum atomic E-state index is 12.0. The number of benzene rings is 1. The van der Waals surface area contributed by atoms with E-state index in [2.05, 4.69) is 5.32 Å². The number of aryl methyl sites for hydroxylation is 1. The molecule has 1 aromatic rings. The second kappa shape index (κ2) is 6.26. The normalized spacial score (nSPS) is 10.5. The molecule has 1 rings (SSSR count). The number of anilines is 1. The van der Waals surface area contributed by atoms with Gasteiger partial charge in [0.15, 0.2) is 0 Å². The Kier molecular flexibility index (Phi) is 4.97. The first-order valence-electron chi connectivity index (χ1n) is 5.82. The third-order valence-electron chi connectivity index (χ3n) is 2.67. The van der Waals surface area contributed by atoms with Gasteiger partial charge in [-0.05, 0) is 38.7 Å². The summed E-state index contributed by atoms with van der Waals surface area (Å²) in [7, 11) is 5.46. The number of methoxy groups -OCH3 is 1. The van der Waals surface area contributed by atoms with Gasteiger partial charge in [-0.25, -0.2) is 0 Å². The van der Waals surface area contributed by atoms with Crippen molar-refractivity contribution in [1.29, 1.82) is 0 Å². The third-order valence-corrected chi connectivity index (χ3v) is 2.67. The highest BCUT2D eigenvalue weighted by Gasteiger charge is 2.12. The van der Waals surface area contributed by atoms with E-state index in [4.69, 9.17) is 10.5 Å². The molecule has 18 heavy (non-hydrogen) atoms. The summed E-state index contributed by atoms with van der Waals surface area (Å²) in [6.45, 7) is 3.27. The zero-order valence-corrected chi connectivity index (χ0v) is 11.4. The highest BCUT2D eigenvalue weighted by Crippen LogP contribution is 2.25. The molecular formula is C13H21N3O2. The summed E-state index contributed by atoms with van der Waals surface area (Å²) in [6.07, 6.45) is 0. The molecule has 0 saturated carbocycles. The maximum absolute atomic E-state index is 12.0. The van der Waals surface area contributed by atoms with Crippen LogP contribution in [0.1, 0.15) is 15.9 Å². The van der Waals surface area contributed by atoms with Crippen LogP contribution < -0.4 is 15.8 Å². The largest absolute Gasteiger partial charge is 0.495 e. The lowest BCUT2D eigenvalue weighted by Crippen LogP contribution is -2.31. The Bertz CT molecular complexity index is 430. The van der Waals surface area contributed by atoms with Crippen LogP contribution in [0.15, 0.2) is 12.1 Å². The molecule has 1 amide bonds. The van der Waals surface area contributed by atoms with Crippen LogP contribution in [0.4, 0.5) is 5.69 Å². The number of rotatable bonds is 5. The monoisotopic (exact) mass is 251 g/mol. The van der Waals surface area contributed by atoms with Gasteiger partial charge in [0.05, 0.1) is 12.8 Å². The molecule has 0 radical (unpaired) electrons. The standard InChI is InChI=1S/C13H21N3O2/c1-9-7-11(14)12(18-4)8-10(9)13(17)15-5-6-16(2)3/h7-8H,5-6,14H2,1-4H3,(H,15,17). The van der Waals surface area contributed by atoms with Crippen LogP contribution in [0.5, 0.6) is 5.75 Å². The Balaban J connectivity index is 2.79. The van der Waals surface area contributed by atoms with Gasteiger partial charge >= 0.3 is 0 Å². The van der Waals surface area contributed by atoms with Crippen molar-refractivity contribution >= 4 is 11.6 Å². The lowest BCUT2D eigenvalue weighted by Gasteiger charge is -2.13. The molecule has 1 aromatic carbocycles. The minimum atomic E-state index is -0.104. The Labute approximate surface area is 108 Å². The first kappa shape index (κ1) is 14.3. The summed E-state index contributed by atoms with van der Waals surface area (Å²) in [5.41, 5.74) is 7.76. The van der Waals surface area contributed by atoms with Crippen molar-refractivity contribution in [3.63, 3.8) is 0 Å². The zero-order chi connectivity index (χ0) is 13.7. The van der Waals surface area contributed by atoms with E-state index in [1.165, 1.54) is 7.11 Å². The highest BCUT2D eigenvalue weighted by atomic mass is 16.5. The second-order valence-electron chi connectivity index (χ2n) is 4.47. The first-order valence-corrected chi connectivity index (χ1v) is 5.82. The number of ether oxygens (including phenoxy) is 1. The molecule has 0 aromatic heterocycles. The van der Waals surface area contributed by atoms with Gasteiger partial charge in [-0.1, -0.05) is 0 Å². The van der Waals surface area contributed by atoms with Gasteiger partial charge in [-0.3, -0.25) is 4.79 Å². The van der Waals surface area contributed by atoms with Gasteiger partial charge < -0.3 is 20.7 Å². The molecule has 5 nitrogen and oxygen atoms in total. The van der Waals surface area contributed by atoms with Crippen LogP contribution in [-0.4, -0.2) is 45.1 Å². The van der Waals surface area contributed by atoms with E-state index in [0.717, 1.165) is 12.1 Å². The lowest BCUT2D eigenvalue weighted by molar-refractivity contribution is 0.0950. The predicted octanol–water partition coefficient (Wildman–Crippen LogP) is 0.877. The number of carbonyl (C=O) groups excluding carboxylic acids is 1. The number of nitrogens with zero attached hydrogens (tertiary/aromatic N) is 1. The van der Waals surface area contributed by atoms with Crippen LogP contribution in [-0.2, 0) is 0 Å². The average molecular weight is 251 g/mol. The van der Waals surface area contributed by atoms with E-state index in [9.17, 15) is 4.79 Å². The molecule has 0 spiro atoms. The Morgan fingerprint density at radius 3 is 2.67 bits per heavy atom. The molecule has 100 valence electrons. The zero-order valence-electron chi connectivity index (χ0n) is 11.4. The van der Waals surface area contributed by atoms with Gasteiger partial charge in [0.1, 0.15) is 5.75 Å². The van der Waals surface area contributed by atoms with Crippen LogP contribution >= 0.6 is 0 Å². The molecule has 0 bridgehead atoms. The molecule has 0 saturated heterocycles. The lowest BCUT2D eigenvalue weighted by atomic mass is 10.1. The SMILES string of the molecule is COc1cc(C(=O)NCCN(C)C)c(C)cc1N. The van der Waals surface area contributed by atoms with Crippen LogP contribution in [0, 0.1) is 6.92 Å². The summed E-state index contributed by atoms with van der Waals surface area (Å²) in [5.74, 6) is 0.422. The minimum Gasteiger partial charge on any atom is -0.495 e. The van der Waals surface area contributed by atoms with Crippen molar-refractivity contribution < 1.29 is 9.53 Å². The maximum Gasteiger partial charge on any atom is 0.251 e. The molecule has 0 atom stereocenters. The fourth-order valence-corrected chi connectivity index (χ4v) is 1.62. The van der Waals surface area contributed by atoms with Crippen molar-refractivity contribution in [1.82, 2.24) is 10.2 Å². The van der Waals surface area contributed by atoms with Gasteiger partial charge in [0, 0.05) is 18.7 Å². The Morgan fingerprint density at radius 2 is 2.11 bits per heavy atom. The summed E-state index contributed by atoms with van der Waals surface area (Å²) >= 11 is 0. The minimum absolute atomic E-state index is 0.104. The molecular weight excluding hydrogens is 230 g/mol. The summed E-state index contributed by atoms with van der Waals surface area (Å²) in [4.78, 5) is 14.0. The molecule has 3 N–H and O–H groups in total. The summed E-state index contributed by atoms with van der Waals surface area (Å²) < 4.78 is 5.12. The van der Waals surface area contributed by atoms with E-state index >= 15 is 0 Å². The topological polar surface area (TPSA) is 67.6 Å². The first-order chi connectivity index (χ1) is 8.45. The molecule has 0 heterocycles. The van der Waals surface area contributed by atoms with Crippen molar-refractivity contribution in [2.75, 3.05) is 40.0 Å². The van der Waals surface area contributed by atoms with Crippen molar-refractivity contribution in [2.45, 2.75) is 6.92 Å². The fourth-order valence-electron chi connectivity index (χ4n) is 1.62. The van der Waals surface area contributed by atoms with Gasteiger partial charge in [0.25, 0.3) is 5.91 Å². The van der Waals surface area contributed by atoms with E-state index in [-0.39, 0.29) is 5.91 Å². The van der Waals surface area contributed by atoms with E-state index < -0.39 is 0 Å². The van der Waals surface area contributed by atoms with Crippen LogP contribution in [0.25, 0.3) is 0 Å².